The number of benzene rings is 1. The topological polar surface area (TPSA) is 68.7 Å². The van der Waals surface area contributed by atoms with Gasteiger partial charge in [0.25, 0.3) is 5.91 Å². The molecule has 0 radical (unpaired) electrons. The lowest BCUT2D eigenvalue weighted by Gasteiger charge is -2.22. The fraction of sp³-hybridized carbons (Fsp3) is 0.421. The molecule has 0 atom stereocenters. The zero-order chi connectivity index (χ0) is 20.5. The largest absolute Gasteiger partial charge is 0.461 e. The van der Waals surface area contributed by atoms with Gasteiger partial charge in [-0.05, 0) is 38.5 Å². The molecule has 2 rings (SSSR count). The first-order chi connectivity index (χ1) is 13.5. The van der Waals surface area contributed by atoms with Crippen LogP contribution in [-0.4, -0.2) is 48.1 Å². The van der Waals surface area contributed by atoms with E-state index in [4.69, 9.17) is 32.7 Å². The van der Waals surface area contributed by atoms with Gasteiger partial charge >= 0.3 is 5.97 Å². The molecule has 0 saturated carbocycles. The van der Waals surface area contributed by atoms with Crippen molar-refractivity contribution in [1.29, 1.82) is 0 Å². The number of thiazole rings is 1. The second-order valence-corrected chi connectivity index (χ2v) is 7.51. The van der Waals surface area contributed by atoms with Gasteiger partial charge in [0.05, 0.1) is 23.2 Å². The Hall–Kier alpha value is -1.67. The van der Waals surface area contributed by atoms with Crippen molar-refractivity contribution in [2.75, 3.05) is 26.4 Å². The van der Waals surface area contributed by atoms with Gasteiger partial charge in [-0.3, -0.25) is 4.79 Å². The molecule has 2 aromatic rings. The second kappa shape index (κ2) is 11.4. The number of ether oxygens (including phenoxy) is 2. The van der Waals surface area contributed by atoms with E-state index in [0.717, 1.165) is 0 Å². The molecular weight excluding hydrogens is 423 g/mol. The van der Waals surface area contributed by atoms with Crippen LogP contribution in [0.1, 0.15) is 46.1 Å². The summed E-state index contributed by atoms with van der Waals surface area (Å²) in [4.78, 5) is 30.7. The zero-order valence-corrected chi connectivity index (χ0v) is 18.1. The van der Waals surface area contributed by atoms with Gasteiger partial charge in [-0.1, -0.05) is 23.2 Å². The Labute approximate surface area is 178 Å². The summed E-state index contributed by atoms with van der Waals surface area (Å²) in [6, 6.07) is 4.78. The van der Waals surface area contributed by atoms with Crippen LogP contribution in [0.15, 0.2) is 23.6 Å². The number of hydrogen-bond donors (Lipinski definition) is 0. The van der Waals surface area contributed by atoms with E-state index >= 15 is 0 Å². The van der Waals surface area contributed by atoms with Crippen LogP contribution in [0.25, 0.3) is 0 Å². The molecule has 28 heavy (non-hydrogen) atoms. The molecule has 1 amide bonds. The maximum Gasteiger partial charge on any atom is 0.357 e. The second-order valence-electron chi connectivity index (χ2n) is 5.75. The Morgan fingerprint density at radius 1 is 1.18 bits per heavy atom. The normalized spacial score (nSPS) is 10.7. The van der Waals surface area contributed by atoms with Crippen molar-refractivity contribution in [1.82, 2.24) is 9.88 Å². The van der Waals surface area contributed by atoms with E-state index in [1.165, 1.54) is 11.3 Å². The number of carbonyl (C=O) groups excluding carboxylic acids is 2. The number of nitrogens with zero attached hydrogens (tertiary/aromatic N) is 2. The Morgan fingerprint density at radius 3 is 2.64 bits per heavy atom. The number of esters is 1. The molecule has 1 aromatic heterocycles. The van der Waals surface area contributed by atoms with E-state index in [0.29, 0.717) is 46.8 Å². The first kappa shape index (κ1) is 22.6. The molecule has 0 fully saturated rings. The van der Waals surface area contributed by atoms with Crippen LogP contribution in [0.4, 0.5) is 0 Å². The molecule has 0 N–H and O–H groups in total. The molecule has 6 nitrogen and oxygen atoms in total. The summed E-state index contributed by atoms with van der Waals surface area (Å²) in [5, 5.41) is 2.99. The van der Waals surface area contributed by atoms with Crippen LogP contribution < -0.4 is 0 Å². The Bertz CT molecular complexity index is 813. The highest BCUT2D eigenvalue weighted by molar-refractivity contribution is 7.09. The van der Waals surface area contributed by atoms with Gasteiger partial charge in [-0.25, -0.2) is 9.78 Å². The average molecular weight is 445 g/mol. The average Bonchev–Trinajstić information content (AvgIpc) is 3.15. The van der Waals surface area contributed by atoms with E-state index in [2.05, 4.69) is 4.98 Å². The lowest BCUT2D eigenvalue weighted by atomic mass is 10.2. The fourth-order valence-corrected chi connectivity index (χ4v) is 3.49. The molecule has 0 bridgehead atoms. The highest BCUT2D eigenvalue weighted by Crippen LogP contribution is 2.24. The van der Waals surface area contributed by atoms with E-state index in [9.17, 15) is 9.59 Å². The summed E-state index contributed by atoms with van der Waals surface area (Å²) in [7, 11) is 0. The third-order valence-corrected chi connectivity index (χ3v) is 5.31. The first-order valence-electron chi connectivity index (χ1n) is 8.89. The van der Waals surface area contributed by atoms with Crippen LogP contribution in [0.5, 0.6) is 0 Å². The van der Waals surface area contributed by atoms with Gasteiger partial charge in [0, 0.05) is 30.7 Å². The minimum atomic E-state index is -0.469. The minimum absolute atomic E-state index is 0.192. The van der Waals surface area contributed by atoms with Crippen molar-refractivity contribution in [3.05, 3.63) is 49.9 Å². The molecule has 0 aliphatic rings. The summed E-state index contributed by atoms with van der Waals surface area (Å²) in [5.74, 6) is -0.661. The van der Waals surface area contributed by atoms with E-state index in [1.807, 2.05) is 6.92 Å². The van der Waals surface area contributed by atoms with Crippen LogP contribution >= 0.6 is 34.5 Å². The molecule has 1 heterocycles. The smallest absolute Gasteiger partial charge is 0.357 e. The molecule has 0 spiro atoms. The number of carbonyl (C=O) groups is 2. The SMILES string of the molecule is CCOCCCN(Cc1nc(C(=O)OCC)cs1)C(=O)c1ccc(Cl)c(Cl)c1. The quantitative estimate of drug-likeness (QED) is 0.392. The third-order valence-electron chi connectivity index (χ3n) is 3.74. The summed E-state index contributed by atoms with van der Waals surface area (Å²) in [6.45, 7) is 5.86. The summed E-state index contributed by atoms with van der Waals surface area (Å²) < 4.78 is 10.3. The maximum absolute atomic E-state index is 13.0. The standard InChI is InChI=1S/C19H22Cl2N2O4S/c1-3-26-9-5-8-23(18(24)13-6-7-14(20)15(21)10-13)11-17-22-16(12-28-17)19(25)27-4-2/h6-7,10,12H,3-5,8-9,11H2,1-2H3. The number of aromatic nitrogens is 1. The molecule has 0 saturated heterocycles. The molecule has 0 aliphatic carbocycles. The minimum Gasteiger partial charge on any atom is -0.461 e. The fourth-order valence-electron chi connectivity index (χ4n) is 2.41. The number of rotatable bonds is 10. The van der Waals surface area contributed by atoms with Gasteiger partial charge < -0.3 is 14.4 Å². The summed E-state index contributed by atoms with van der Waals surface area (Å²) in [5.41, 5.74) is 0.686. The van der Waals surface area contributed by atoms with Crippen molar-refractivity contribution >= 4 is 46.4 Å². The van der Waals surface area contributed by atoms with Crippen molar-refractivity contribution in [2.24, 2.45) is 0 Å². The highest BCUT2D eigenvalue weighted by Gasteiger charge is 2.20. The Kier molecular flexibility index (Phi) is 9.18. The number of hydrogen-bond acceptors (Lipinski definition) is 6. The predicted molar refractivity (Wildman–Crippen MR) is 110 cm³/mol. The molecular formula is C19H22Cl2N2O4S. The lowest BCUT2D eigenvalue weighted by molar-refractivity contribution is 0.0520. The van der Waals surface area contributed by atoms with Crippen molar-refractivity contribution in [3.63, 3.8) is 0 Å². The lowest BCUT2D eigenvalue weighted by Crippen LogP contribution is -2.32. The summed E-state index contributed by atoms with van der Waals surface area (Å²) in [6.07, 6.45) is 0.678. The van der Waals surface area contributed by atoms with E-state index < -0.39 is 5.97 Å². The van der Waals surface area contributed by atoms with Gasteiger partial charge in [0.15, 0.2) is 5.69 Å². The van der Waals surface area contributed by atoms with Crippen LogP contribution in [0.2, 0.25) is 10.0 Å². The van der Waals surface area contributed by atoms with E-state index in [-0.39, 0.29) is 24.8 Å². The Morgan fingerprint density at radius 2 is 1.96 bits per heavy atom. The highest BCUT2D eigenvalue weighted by atomic mass is 35.5. The van der Waals surface area contributed by atoms with Crippen LogP contribution in [-0.2, 0) is 16.0 Å². The molecule has 0 unspecified atom stereocenters. The third kappa shape index (κ3) is 6.44. The maximum atomic E-state index is 13.0. The molecule has 0 aliphatic heterocycles. The van der Waals surface area contributed by atoms with Gasteiger partial charge in [-0.15, -0.1) is 11.3 Å². The first-order valence-corrected chi connectivity index (χ1v) is 10.5. The van der Waals surface area contributed by atoms with Crippen molar-refractivity contribution in [2.45, 2.75) is 26.8 Å². The van der Waals surface area contributed by atoms with Crippen LogP contribution in [0, 0.1) is 0 Å². The molecule has 152 valence electrons. The predicted octanol–water partition coefficient (Wildman–Crippen LogP) is 4.70. The van der Waals surface area contributed by atoms with Gasteiger partial charge in [0.1, 0.15) is 5.01 Å². The van der Waals surface area contributed by atoms with Crippen LogP contribution in [0.3, 0.4) is 0 Å². The number of halogens is 2. The number of amides is 1. The molecule has 1 aromatic carbocycles. The summed E-state index contributed by atoms with van der Waals surface area (Å²) >= 11 is 13.3. The van der Waals surface area contributed by atoms with E-state index in [1.54, 1.807) is 35.4 Å². The zero-order valence-electron chi connectivity index (χ0n) is 15.7. The van der Waals surface area contributed by atoms with Crippen molar-refractivity contribution < 1.29 is 19.1 Å². The Balaban J connectivity index is 2.15. The van der Waals surface area contributed by atoms with Crippen molar-refractivity contribution in [3.8, 4) is 0 Å². The van der Waals surface area contributed by atoms with Gasteiger partial charge in [-0.2, -0.15) is 0 Å². The van der Waals surface area contributed by atoms with Gasteiger partial charge in [0.2, 0.25) is 0 Å². The molecule has 9 heteroatoms. The monoisotopic (exact) mass is 444 g/mol.